The highest BCUT2D eigenvalue weighted by Crippen LogP contribution is 2.30. The van der Waals surface area contributed by atoms with Crippen molar-refractivity contribution in [3.63, 3.8) is 0 Å². The molecule has 3 atom stereocenters. The van der Waals surface area contributed by atoms with Gasteiger partial charge in [0.2, 0.25) is 5.91 Å². The van der Waals surface area contributed by atoms with Crippen LogP contribution in [-0.4, -0.2) is 24.0 Å². The number of piperidine rings is 1. The van der Waals surface area contributed by atoms with E-state index in [0.29, 0.717) is 18.1 Å². The lowest BCUT2D eigenvalue weighted by Gasteiger charge is -2.30. The lowest BCUT2D eigenvalue weighted by Crippen LogP contribution is -2.48. The molecule has 3 heterocycles. The van der Waals surface area contributed by atoms with Crippen molar-refractivity contribution in [3.8, 4) is 0 Å². The van der Waals surface area contributed by atoms with Crippen LogP contribution in [0.15, 0.2) is 15.9 Å². The van der Waals surface area contributed by atoms with Crippen molar-refractivity contribution < 1.29 is 4.79 Å². The maximum Gasteiger partial charge on any atom is 0.228 e. The van der Waals surface area contributed by atoms with Gasteiger partial charge >= 0.3 is 0 Å². The highest BCUT2D eigenvalue weighted by Gasteiger charge is 2.34. The number of thiophene rings is 1. The Morgan fingerprint density at radius 1 is 1.42 bits per heavy atom. The zero-order valence-corrected chi connectivity index (χ0v) is 13.4. The SMILES string of the molecule is CC(C(=O)NC1CC2CCC(C1)N2)c1ccc(Br)s1. The van der Waals surface area contributed by atoms with Crippen LogP contribution in [0.3, 0.4) is 0 Å². The molecule has 2 N–H and O–H groups in total. The first-order valence-corrected chi connectivity index (χ1v) is 8.54. The fourth-order valence-electron chi connectivity index (χ4n) is 3.19. The third-order valence-electron chi connectivity index (χ3n) is 4.23. The minimum Gasteiger partial charge on any atom is -0.353 e. The van der Waals surface area contributed by atoms with E-state index in [1.807, 2.05) is 19.1 Å². The number of hydrogen-bond donors (Lipinski definition) is 2. The average Bonchev–Trinajstić information content (AvgIpc) is 2.95. The Morgan fingerprint density at radius 3 is 2.68 bits per heavy atom. The molecule has 0 aromatic carbocycles. The van der Waals surface area contributed by atoms with Crippen LogP contribution in [0.25, 0.3) is 0 Å². The summed E-state index contributed by atoms with van der Waals surface area (Å²) in [6.07, 6.45) is 4.71. The maximum absolute atomic E-state index is 12.3. The largest absolute Gasteiger partial charge is 0.353 e. The number of halogens is 1. The van der Waals surface area contributed by atoms with Crippen LogP contribution < -0.4 is 10.6 Å². The van der Waals surface area contributed by atoms with Gasteiger partial charge in [-0.25, -0.2) is 0 Å². The van der Waals surface area contributed by atoms with Crippen LogP contribution in [-0.2, 0) is 4.79 Å². The van der Waals surface area contributed by atoms with Gasteiger partial charge < -0.3 is 10.6 Å². The van der Waals surface area contributed by atoms with Crippen LogP contribution in [0.1, 0.15) is 43.4 Å². The van der Waals surface area contributed by atoms with Gasteiger partial charge in [-0.05, 0) is 60.7 Å². The first-order valence-electron chi connectivity index (χ1n) is 6.93. The molecule has 2 bridgehead atoms. The predicted octanol–water partition coefficient (Wildman–Crippen LogP) is 3.01. The van der Waals surface area contributed by atoms with Crippen molar-refractivity contribution in [1.82, 2.24) is 10.6 Å². The van der Waals surface area contributed by atoms with Gasteiger partial charge in [-0.3, -0.25) is 4.79 Å². The van der Waals surface area contributed by atoms with E-state index in [-0.39, 0.29) is 11.8 Å². The standard InChI is InChI=1S/C14H19BrN2OS/c1-8(12-4-5-13(15)19-12)14(18)17-11-6-9-2-3-10(7-11)16-9/h4-5,8-11,16H,2-3,6-7H2,1H3,(H,17,18). The van der Waals surface area contributed by atoms with E-state index in [2.05, 4.69) is 26.6 Å². The zero-order valence-electron chi connectivity index (χ0n) is 11.0. The normalized spacial score (nSPS) is 31.2. The molecule has 3 unspecified atom stereocenters. The molecular weight excluding hydrogens is 324 g/mol. The first kappa shape index (κ1) is 13.6. The minimum absolute atomic E-state index is 0.0520. The van der Waals surface area contributed by atoms with E-state index in [1.165, 1.54) is 12.8 Å². The second kappa shape index (κ2) is 5.54. The number of nitrogens with one attached hydrogen (secondary N) is 2. The smallest absolute Gasteiger partial charge is 0.228 e. The van der Waals surface area contributed by atoms with Crippen LogP contribution >= 0.6 is 27.3 Å². The van der Waals surface area contributed by atoms with Crippen LogP contribution in [0.4, 0.5) is 0 Å². The lowest BCUT2D eigenvalue weighted by molar-refractivity contribution is -0.123. The predicted molar refractivity (Wildman–Crippen MR) is 81.5 cm³/mol. The number of carbonyl (C=O) groups is 1. The van der Waals surface area contributed by atoms with Gasteiger partial charge in [0.05, 0.1) is 9.70 Å². The Labute approximate surface area is 126 Å². The van der Waals surface area contributed by atoms with E-state index in [1.54, 1.807) is 11.3 Å². The number of carbonyl (C=O) groups excluding carboxylic acids is 1. The van der Waals surface area contributed by atoms with Crippen LogP contribution in [0.5, 0.6) is 0 Å². The molecule has 3 nitrogen and oxygen atoms in total. The molecule has 1 aromatic rings. The first-order chi connectivity index (χ1) is 9.11. The summed E-state index contributed by atoms with van der Waals surface area (Å²) in [4.78, 5) is 13.4. The van der Waals surface area contributed by atoms with Gasteiger partial charge in [0.1, 0.15) is 0 Å². The quantitative estimate of drug-likeness (QED) is 0.886. The summed E-state index contributed by atoms with van der Waals surface area (Å²) in [5.41, 5.74) is 0. The summed E-state index contributed by atoms with van der Waals surface area (Å²) < 4.78 is 1.09. The number of hydrogen-bond acceptors (Lipinski definition) is 3. The topological polar surface area (TPSA) is 41.1 Å². The Balaban J connectivity index is 1.59. The Morgan fingerprint density at radius 2 is 2.11 bits per heavy atom. The molecular formula is C14H19BrN2OS. The summed E-state index contributed by atoms with van der Waals surface area (Å²) in [5.74, 6) is 0.115. The molecule has 2 fully saturated rings. The molecule has 19 heavy (non-hydrogen) atoms. The number of fused-ring (bicyclic) bond motifs is 2. The van der Waals surface area contributed by atoms with Crippen LogP contribution in [0, 0.1) is 0 Å². The van der Waals surface area contributed by atoms with Gasteiger partial charge in [-0.1, -0.05) is 0 Å². The van der Waals surface area contributed by atoms with Crippen molar-refractivity contribution in [2.75, 3.05) is 0 Å². The van der Waals surface area contributed by atoms with Crippen LogP contribution in [0.2, 0.25) is 0 Å². The minimum atomic E-state index is -0.0520. The lowest BCUT2D eigenvalue weighted by atomic mass is 9.98. The summed E-state index contributed by atoms with van der Waals surface area (Å²) in [7, 11) is 0. The summed E-state index contributed by atoms with van der Waals surface area (Å²) >= 11 is 5.09. The zero-order chi connectivity index (χ0) is 13.4. The van der Waals surface area contributed by atoms with Crippen molar-refractivity contribution in [3.05, 3.63) is 20.8 Å². The Bertz CT molecular complexity index is 464. The molecule has 2 aliphatic heterocycles. The third kappa shape index (κ3) is 3.03. The number of rotatable bonds is 3. The second-order valence-corrected chi connectivity index (χ2v) is 8.17. The molecule has 3 rings (SSSR count). The van der Waals surface area contributed by atoms with E-state index < -0.39 is 0 Å². The monoisotopic (exact) mass is 342 g/mol. The third-order valence-corrected chi connectivity index (χ3v) is 6.04. The molecule has 2 aliphatic rings. The molecule has 2 saturated heterocycles. The Kier molecular flexibility index (Phi) is 3.96. The summed E-state index contributed by atoms with van der Waals surface area (Å²) in [5, 5.41) is 6.84. The van der Waals surface area contributed by atoms with Gasteiger partial charge in [0.25, 0.3) is 0 Å². The number of amides is 1. The molecule has 104 valence electrons. The van der Waals surface area contributed by atoms with E-state index >= 15 is 0 Å². The van der Waals surface area contributed by atoms with E-state index in [9.17, 15) is 4.79 Å². The maximum atomic E-state index is 12.3. The molecule has 0 radical (unpaired) electrons. The molecule has 1 aromatic heterocycles. The summed E-state index contributed by atoms with van der Waals surface area (Å²) in [6, 6.07) is 5.64. The molecule has 0 saturated carbocycles. The molecule has 5 heteroatoms. The van der Waals surface area contributed by atoms with Crippen molar-refractivity contribution >= 4 is 33.2 Å². The average molecular weight is 343 g/mol. The van der Waals surface area contributed by atoms with Crippen molar-refractivity contribution in [2.24, 2.45) is 0 Å². The van der Waals surface area contributed by atoms with Gasteiger partial charge in [-0.15, -0.1) is 11.3 Å². The van der Waals surface area contributed by atoms with Gasteiger partial charge in [0, 0.05) is 23.0 Å². The van der Waals surface area contributed by atoms with Crippen molar-refractivity contribution in [2.45, 2.75) is 56.7 Å². The second-order valence-electron chi connectivity index (χ2n) is 5.68. The molecule has 0 spiro atoms. The molecule has 1 amide bonds. The molecule has 0 aliphatic carbocycles. The van der Waals surface area contributed by atoms with E-state index in [4.69, 9.17) is 0 Å². The van der Waals surface area contributed by atoms with Crippen molar-refractivity contribution in [1.29, 1.82) is 0 Å². The fourth-order valence-corrected chi connectivity index (χ4v) is 4.67. The highest BCUT2D eigenvalue weighted by atomic mass is 79.9. The highest BCUT2D eigenvalue weighted by molar-refractivity contribution is 9.11. The van der Waals surface area contributed by atoms with Gasteiger partial charge in [-0.2, -0.15) is 0 Å². The van der Waals surface area contributed by atoms with Gasteiger partial charge in [0.15, 0.2) is 0 Å². The summed E-state index contributed by atoms with van der Waals surface area (Å²) in [6.45, 7) is 1.99. The Hall–Kier alpha value is -0.390. The fraction of sp³-hybridized carbons (Fsp3) is 0.643. The van der Waals surface area contributed by atoms with E-state index in [0.717, 1.165) is 21.5 Å².